The number of fused-ring (bicyclic) bond motifs is 1. The van der Waals surface area contributed by atoms with Crippen LogP contribution in [0.25, 0.3) is 0 Å². The SMILES string of the molecule is O=C(CSc1cccc(NC(=O)C2CC2)c1)Nc1ccc2c(c1)OCO2. The molecule has 2 aliphatic rings. The van der Waals surface area contributed by atoms with Crippen LogP contribution in [0.3, 0.4) is 0 Å². The van der Waals surface area contributed by atoms with Gasteiger partial charge in [0.1, 0.15) is 0 Å². The molecule has 0 spiro atoms. The van der Waals surface area contributed by atoms with Crippen molar-refractivity contribution in [2.24, 2.45) is 5.92 Å². The van der Waals surface area contributed by atoms with E-state index in [1.165, 1.54) is 11.8 Å². The zero-order valence-corrected chi connectivity index (χ0v) is 14.8. The van der Waals surface area contributed by atoms with Crippen molar-refractivity contribution in [3.05, 3.63) is 42.5 Å². The Balaban J connectivity index is 1.30. The zero-order chi connectivity index (χ0) is 17.9. The van der Waals surface area contributed by atoms with Crippen LogP contribution in [0.15, 0.2) is 47.4 Å². The monoisotopic (exact) mass is 370 g/mol. The molecule has 1 fully saturated rings. The number of hydrogen-bond acceptors (Lipinski definition) is 5. The molecule has 4 rings (SSSR count). The molecular weight excluding hydrogens is 352 g/mol. The third kappa shape index (κ3) is 4.11. The number of anilines is 2. The van der Waals surface area contributed by atoms with Gasteiger partial charge in [0.05, 0.1) is 5.75 Å². The highest BCUT2D eigenvalue weighted by Gasteiger charge is 2.29. The number of thioether (sulfide) groups is 1. The maximum Gasteiger partial charge on any atom is 0.234 e. The summed E-state index contributed by atoms with van der Waals surface area (Å²) in [6.45, 7) is 0.205. The molecule has 0 atom stereocenters. The van der Waals surface area contributed by atoms with Gasteiger partial charge in [-0.2, -0.15) is 0 Å². The first kappa shape index (κ1) is 16.8. The summed E-state index contributed by atoms with van der Waals surface area (Å²) in [6.07, 6.45) is 1.95. The fourth-order valence-electron chi connectivity index (χ4n) is 2.57. The van der Waals surface area contributed by atoms with Crippen LogP contribution < -0.4 is 20.1 Å². The number of rotatable bonds is 6. The highest BCUT2D eigenvalue weighted by Crippen LogP contribution is 2.34. The van der Waals surface area contributed by atoms with Gasteiger partial charge in [0, 0.05) is 28.3 Å². The minimum absolute atomic E-state index is 0.0766. The molecule has 6 nitrogen and oxygen atoms in total. The van der Waals surface area contributed by atoms with E-state index in [1.54, 1.807) is 18.2 Å². The van der Waals surface area contributed by atoms with Crippen molar-refractivity contribution in [2.75, 3.05) is 23.2 Å². The van der Waals surface area contributed by atoms with E-state index in [0.29, 0.717) is 17.2 Å². The lowest BCUT2D eigenvalue weighted by atomic mass is 10.3. The molecule has 1 heterocycles. The molecule has 7 heteroatoms. The number of nitrogens with one attached hydrogen (secondary N) is 2. The van der Waals surface area contributed by atoms with E-state index in [2.05, 4.69) is 10.6 Å². The molecule has 0 saturated heterocycles. The Morgan fingerprint density at radius 2 is 1.81 bits per heavy atom. The summed E-state index contributed by atoms with van der Waals surface area (Å²) >= 11 is 1.42. The third-order valence-corrected chi connectivity index (χ3v) is 5.07. The summed E-state index contributed by atoms with van der Waals surface area (Å²) in [5.41, 5.74) is 1.44. The van der Waals surface area contributed by atoms with Crippen molar-refractivity contribution in [2.45, 2.75) is 17.7 Å². The standard InChI is InChI=1S/C19H18N2O4S/c22-18(20-14-6-7-16-17(9-14)25-11-24-16)10-26-15-3-1-2-13(8-15)21-19(23)12-4-5-12/h1-3,6-9,12H,4-5,10-11H2,(H,20,22)(H,21,23). The molecule has 1 aliphatic carbocycles. The molecule has 2 N–H and O–H groups in total. The second-order valence-corrected chi connectivity index (χ2v) is 7.25. The number of carbonyl (C=O) groups excluding carboxylic acids is 2. The van der Waals surface area contributed by atoms with Gasteiger partial charge in [-0.05, 0) is 43.2 Å². The molecule has 26 heavy (non-hydrogen) atoms. The van der Waals surface area contributed by atoms with Crippen molar-refractivity contribution in [3.8, 4) is 11.5 Å². The summed E-state index contributed by atoms with van der Waals surface area (Å²) in [5, 5.41) is 5.76. The molecular formula is C19H18N2O4S. The Morgan fingerprint density at radius 3 is 2.65 bits per heavy atom. The van der Waals surface area contributed by atoms with E-state index in [1.807, 2.05) is 24.3 Å². The summed E-state index contributed by atoms with van der Waals surface area (Å²) in [7, 11) is 0. The zero-order valence-electron chi connectivity index (χ0n) is 14.0. The van der Waals surface area contributed by atoms with Crippen LogP contribution in [0.1, 0.15) is 12.8 Å². The van der Waals surface area contributed by atoms with Gasteiger partial charge in [-0.3, -0.25) is 9.59 Å². The maximum atomic E-state index is 12.2. The Hall–Kier alpha value is -2.67. The average molecular weight is 370 g/mol. The Morgan fingerprint density at radius 1 is 1.00 bits per heavy atom. The molecule has 0 unspecified atom stereocenters. The van der Waals surface area contributed by atoms with Gasteiger partial charge in [-0.25, -0.2) is 0 Å². The number of hydrogen-bond donors (Lipinski definition) is 2. The quantitative estimate of drug-likeness (QED) is 0.761. The van der Waals surface area contributed by atoms with E-state index in [-0.39, 0.29) is 30.3 Å². The fraction of sp³-hybridized carbons (Fsp3) is 0.263. The van der Waals surface area contributed by atoms with Crippen LogP contribution in [0, 0.1) is 5.92 Å². The second-order valence-electron chi connectivity index (χ2n) is 6.20. The summed E-state index contributed by atoms with van der Waals surface area (Å²) in [4.78, 5) is 24.9. The summed E-state index contributed by atoms with van der Waals surface area (Å²) in [5.74, 6) is 1.72. The molecule has 0 bridgehead atoms. The van der Waals surface area contributed by atoms with Gasteiger partial charge in [0.25, 0.3) is 0 Å². The van der Waals surface area contributed by atoms with Crippen molar-refractivity contribution < 1.29 is 19.1 Å². The molecule has 134 valence electrons. The van der Waals surface area contributed by atoms with Gasteiger partial charge >= 0.3 is 0 Å². The van der Waals surface area contributed by atoms with E-state index < -0.39 is 0 Å². The highest BCUT2D eigenvalue weighted by molar-refractivity contribution is 8.00. The van der Waals surface area contributed by atoms with Crippen molar-refractivity contribution >= 4 is 35.0 Å². The Kier molecular flexibility index (Phi) is 4.71. The van der Waals surface area contributed by atoms with Gasteiger partial charge < -0.3 is 20.1 Å². The third-order valence-electron chi connectivity index (χ3n) is 4.08. The smallest absolute Gasteiger partial charge is 0.234 e. The maximum absolute atomic E-state index is 12.2. The van der Waals surface area contributed by atoms with Crippen molar-refractivity contribution in [1.29, 1.82) is 0 Å². The second kappa shape index (κ2) is 7.29. The lowest BCUT2D eigenvalue weighted by Gasteiger charge is -2.08. The van der Waals surface area contributed by atoms with Gasteiger partial charge in [-0.1, -0.05) is 6.07 Å². The van der Waals surface area contributed by atoms with Crippen molar-refractivity contribution in [3.63, 3.8) is 0 Å². The van der Waals surface area contributed by atoms with E-state index >= 15 is 0 Å². The van der Waals surface area contributed by atoms with Crippen LogP contribution >= 0.6 is 11.8 Å². The predicted molar refractivity (Wildman–Crippen MR) is 99.7 cm³/mol. The Labute approximate surface area is 155 Å². The van der Waals surface area contributed by atoms with Crippen molar-refractivity contribution in [1.82, 2.24) is 0 Å². The topological polar surface area (TPSA) is 76.7 Å². The minimum atomic E-state index is -0.110. The van der Waals surface area contributed by atoms with Crippen LogP contribution in [-0.4, -0.2) is 24.4 Å². The van der Waals surface area contributed by atoms with Gasteiger partial charge in [0.2, 0.25) is 18.6 Å². The Bertz CT molecular complexity index is 851. The number of benzene rings is 2. The van der Waals surface area contributed by atoms with E-state index in [9.17, 15) is 9.59 Å². The largest absolute Gasteiger partial charge is 0.454 e. The van der Waals surface area contributed by atoms with E-state index in [4.69, 9.17) is 9.47 Å². The first-order valence-electron chi connectivity index (χ1n) is 8.40. The highest BCUT2D eigenvalue weighted by atomic mass is 32.2. The molecule has 0 radical (unpaired) electrons. The predicted octanol–water partition coefficient (Wildman–Crippen LogP) is 3.49. The van der Waals surface area contributed by atoms with Crippen LogP contribution in [-0.2, 0) is 9.59 Å². The lowest BCUT2D eigenvalue weighted by molar-refractivity contribution is -0.117. The first-order valence-corrected chi connectivity index (χ1v) is 9.39. The molecule has 2 amide bonds. The van der Waals surface area contributed by atoms with Gasteiger partial charge in [0.15, 0.2) is 11.5 Å². The summed E-state index contributed by atoms with van der Waals surface area (Å²) in [6, 6.07) is 12.8. The fourth-order valence-corrected chi connectivity index (χ4v) is 3.33. The van der Waals surface area contributed by atoms with Crippen LogP contribution in [0.4, 0.5) is 11.4 Å². The first-order chi connectivity index (χ1) is 12.7. The molecule has 2 aromatic carbocycles. The van der Waals surface area contributed by atoms with E-state index in [0.717, 1.165) is 23.4 Å². The molecule has 1 saturated carbocycles. The van der Waals surface area contributed by atoms with Crippen LogP contribution in [0.5, 0.6) is 11.5 Å². The number of amides is 2. The van der Waals surface area contributed by atoms with Crippen LogP contribution in [0.2, 0.25) is 0 Å². The average Bonchev–Trinajstić information content (AvgIpc) is 3.39. The molecule has 0 aromatic heterocycles. The summed E-state index contributed by atoms with van der Waals surface area (Å²) < 4.78 is 10.6. The number of carbonyl (C=O) groups is 2. The van der Waals surface area contributed by atoms with Gasteiger partial charge in [-0.15, -0.1) is 11.8 Å². The normalized spacial score (nSPS) is 14.8. The molecule has 1 aliphatic heterocycles. The molecule has 2 aromatic rings. The minimum Gasteiger partial charge on any atom is -0.454 e. The number of ether oxygens (including phenoxy) is 2. The lowest BCUT2D eigenvalue weighted by Crippen LogP contribution is -2.14.